The Morgan fingerprint density at radius 2 is 1.07 bits per heavy atom. The number of ether oxygens (including phenoxy) is 1. The standard InChI is InChI=1S/C28H32OSi/c1-30(2,3)24-16-5-4-15-23-29-28(25-17-9-6-10-18-25,26-19-11-7-12-20-26)27-21-13-8-14-22-27/h4,6-22,24H,5,23H2,1-3H3/b15-4-,24-16-. The van der Waals surface area contributed by atoms with Gasteiger partial charge in [-0.25, -0.2) is 0 Å². The van der Waals surface area contributed by atoms with Crippen molar-refractivity contribution in [3.05, 3.63) is 132 Å². The number of rotatable bonds is 9. The zero-order valence-corrected chi connectivity index (χ0v) is 19.3. The van der Waals surface area contributed by atoms with Crippen LogP contribution in [0.5, 0.6) is 0 Å². The van der Waals surface area contributed by atoms with Gasteiger partial charge in [-0.1, -0.05) is 135 Å². The van der Waals surface area contributed by atoms with Crippen molar-refractivity contribution in [1.29, 1.82) is 0 Å². The third-order valence-electron chi connectivity index (χ3n) is 4.99. The van der Waals surface area contributed by atoms with Gasteiger partial charge in [0.1, 0.15) is 5.60 Å². The number of hydrogen-bond donors (Lipinski definition) is 0. The van der Waals surface area contributed by atoms with Crippen molar-refractivity contribution in [2.24, 2.45) is 0 Å². The van der Waals surface area contributed by atoms with E-state index in [0.29, 0.717) is 6.61 Å². The third kappa shape index (κ3) is 5.68. The monoisotopic (exact) mass is 412 g/mol. The minimum atomic E-state index is -1.13. The Morgan fingerprint density at radius 3 is 1.47 bits per heavy atom. The summed E-state index contributed by atoms with van der Waals surface area (Å²) in [6, 6.07) is 31.5. The lowest BCUT2D eigenvalue weighted by molar-refractivity contribution is 0.0319. The van der Waals surface area contributed by atoms with Gasteiger partial charge < -0.3 is 4.74 Å². The molecule has 3 aromatic rings. The Labute approximate surface area is 182 Å². The van der Waals surface area contributed by atoms with Crippen LogP contribution in [0.3, 0.4) is 0 Å². The highest BCUT2D eigenvalue weighted by Crippen LogP contribution is 2.40. The van der Waals surface area contributed by atoms with Crippen LogP contribution in [0.1, 0.15) is 23.1 Å². The lowest BCUT2D eigenvalue weighted by Gasteiger charge is -2.35. The summed E-state index contributed by atoms with van der Waals surface area (Å²) in [5.74, 6) is 0. The van der Waals surface area contributed by atoms with Crippen LogP contribution in [0.15, 0.2) is 115 Å². The van der Waals surface area contributed by atoms with Crippen molar-refractivity contribution >= 4 is 8.07 Å². The van der Waals surface area contributed by atoms with Crippen molar-refractivity contribution in [3.8, 4) is 0 Å². The Balaban J connectivity index is 1.93. The molecule has 0 unspecified atom stereocenters. The molecule has 0 aliphatic carbocycles. The summed E-state index contributed by atoms with van der Waals surface area (Å²) < 4.78 is 6.73. The Hall–Kier alpha value is -2.68. The summed E-state index contributed by atoms with van der Waals surface area (Å²) in [6.45, 7) is 7.60. The summed E-state index contributed by atoms with van der Waals surface area (Å²) in [6.07, 6.45) is 7.56. The second-order valence-electron chi connectivity index (χ2n) is 8.57. The minimum Gasteiger partial charge on any atom is -0.357 e. The molecule has 0 fully saturated rings. The van der Waals surface area contributed by atoms with Crippen LogP contribution in [0.4, 0.5) is 0 Å². The molecule has 0 spiro atoms. The van der Waals surface area contributed by atoms with E-state index in [1.165, 1.54) is 0 Å². The van der Waals surface area contributed by atoms with E-state index in [2.05, 4.69) is 135 Å². The van der Waals surface area contributed by atoms with Crippen LogP contribution in [0.2, 0.25) is 19.6 Å². The normalized spacial score (nSPS) is 12.6. The van der Waals surface area contributed by atoms with E-state index >= 15 is 0 Å². The molecule has 0 N–H and O–H groups in total. The zero-order chi connectivity index (χ0) is 21.3. The van der Waals surface area contributed by atoms with Crippen LogP contribution in [0.25, 0.3) is 0 Å². The molecule has 30 heavy (non-hydrogen) atoms. The Bertz CT molecular complexity index is 842. The highest BCUT2D eigenvalue weighted by molar-refractivity contribution is 6.80. The molecule has 0 aliphatic rings. The lowest BCUT2D eigenvalue weighted by atomic mass is 9.80. The first-order valence-electron chi connectivity index (χ1n) is 10.7. The van der Waals surface area contributed by atoms with Gasteiger partial charge >= 0.3 is 0 Å². The van der Waals surface area contributed by atoms with Crippen molar-refractivity contribution in [2.45, 2.75) is 31.7 Å². The molecular weight excluding hydrogens is 380 g/mol. The summed E-state index contributed by atoms with van der Waals surface area (Å²) in [4.78, 5) is 0. The molecular formula is C28H32OSi. The highest BCUT2D eigenvalue weighted by Gasteiger charge is 2.37. The summed E-state index contributed by atoms with van der Waals surface area (Å²) in [5.41, 5.74) is 5.14. The van der Waals surface area contributed by atoms with Gasteiger partial charge in [-0.05, 0) is 23.1 Å². The second-order valence-corrected chi connectivity index (χ2v) is 13.6. The molecule has 0 amide bonds. The molecule has 0 saturated heterocycles. The molecule has 0 radical (unpaired) electrons. The fraction of sp³-hybridized carbons (Fsp3) is 0.214. The predicted molar refractivity (Wildman–Crippen MR) is 131 cm³/mol. The fourth-order valence-electron chi connectivity index (χ4n) is 3.61. The van der Waals surface area contributed by atoms with Gasteiger partial charge in [0.15, 0.2) is 0 Å². The van der Waals surface area contributed by atoms with Gasteiger partial charge in [0.05, 0.1) is 14.7 Å². The first-order chi connectivity index (χ1) is 14.5. The molecule has 0 bridgehead atoms. The molecule has 0 aromatic heterocycles. The lowest BCUT2D eigenvalue weighted by Crippen LogP contribution is -2.33. The topological polar surface area (TPSA) is 9.23 Å². The fourth-order valence-corrected chi connectivity index (χ4v) is 4.45. The van der Waals surface area contributed by atoms with Crippen molar-refractivity contribution < 1.29 is 4.74 Å². The molecule has 0 heterocycles. The molecule has 0 atom stereocenters. The zero-order valence-electron chi connectivity index (χ0n) is 18.3. The molecule has 2 heteroatoms. The number of allylic oxidation sites excluding steroid dienone is 2. The van der Waals surface area contributed by atoms with Gasteiger partial charge in [0, 0.05) is 0 Å². The Kier molecular flexibility index (Phi) is 7.61. The average Bonchev–Trinajstić information content (AvgIpc) is 2.77. The molecule has 3 aromatic carbocycles. The molecule has 1 nitrogen and oxygen atoms in total. The minimum absolute atomic E-state index is 0.541. The highest BCUT2D eigenvalue weighted by atomic mass is 28.3. The smallest absolute Gasteiger partial charge is 0.144 e. The van der Waals surface area contributed by atoms with Crippen LogP contribution in [-0.2, 0) is 10.3 Å². The first-order valence-corrected chi connectivity index (χ1v) is 14.2. The third-order valence-corrected chi connectivity index (χ3v) is 6.23. The van der Waals surface area contributed by atoms with E-state index in [4.69, 9.17) is 4.74 Å². The van der Waals surface area contributed by atoms with Crippen LogP contribution >= 0.6 is 0 Å². The predicted octanol–water partition coefficient (Wildman–Crippen LogP) is 7.38. The summed E-state index contributed by atoms with van der Waals surface area (Å²) in [5, 5.41) is 0. The maximum Gasteiger partial charge on any atom is 0.144 e. The maximum absolute atomic E-state index is 6.73. The number of benzene rings is 3. The van der Waals surface area contributed by atoms with E-state index in [1.54, 1.807) is 0 Å². The number of hydrogen-bond acceptors (Lipinski definition) is 1. The van der Waals surface area contributed by atoms with E-state index in [1.807, 2.05) is 0 Å². The van der Waals surface area contributed by atoms with Crippen molar-refractivity contribution in [3.63, 3.8) is 0 Å². The van der Waals surface area contributed by atoms with Gasteiger partial charge in [-0.3, -0.25) is 0 Å². The molecule has 154 valence electrons. The quantitative estimate of drug-likeness (QED) is 0.202. The SMILES string of the molecule is C[Si](C)(C)/C=C\C/C=C\COC(c1ccccc1)(c1ccccc1)c1ccccc1. The van der Waals surface area contributed by atoms with Crippen molar-refractivity contribution in [1.82, 2.24) is 0 Å². The van der Waals surface area contributed by atoms with Gasteiger partial charge in [0.25, 0.3) is 0 Å². The maximum atomic E-state index is 6.73. The van der Waals surface area contributed by atoms with Crippen LogP contribution in [0, 0.1) is 0 Å². The Morgan fingerprint density at radius 1 is 0.633 bits per heavy atom. The van der Waals surface area contributed by atoms with Crippen LogP contribution < -0.4 is 0 Å². The van der Waals surface area contributed by atoms with E-state index in [0.717, 1.165) is 23.1 Å². The first kappa shape index (κ1) is 22.0. The summed E-state index contributed by atoms with van der Waals surface area (Å²) in [7, 11) is -1.13. The van der Waals surface area contributed by atoms with E-state index in [-0.39, 0.29) is 0 Å². The van der Waals surface area contributed by atoms with E-state index < -0.39 is 13.7 Å². The molecule has 0 saturated carbocycles. The van der Waals surface area contributed by atoms with Gasteiger partial charge in [-0.2, -0.15) is 0 Å². The van der Waals surface area contributed by atoms with Gasteiger partial charge in [-0.15, -0.1) is 0 Å². The average molecular weight is 413 g/mol. The van der Waals surface area contributed by atoms with E-state index in [9.17, 15) is 0 Å². The van der Waals surface area contributed by atoms with Gasteiger partial charge in [0.2, 0.25) is 0 Å². The van der Waals surface area contributed by atoms with Crippen LogP contribution in [-0.4, -0.2) is 14.7 Å². The second kappa shape index (κ2) is 10.4. The molecule has 0 aliphatic heterocycles. The van der Waals surface area contributed by atoms with Crippen molar-refractivity contribution in [2.75, 3.05) is 6.61 Å². The largest absolute Gasteiger partial charge is 0.357 e. The molecule has 3 rings (SSSR count). The summed E-state index contributed by atoms with van der Waals surface area (Å²) >= 11 is 0.